The normalized spacial score (nSPS) is 22.4. The van der Waals surface area contributed by atoms with Gasteiger partial charge in [0.15, 0.2) is 0 Å². The van der Waals surface area contributed by atoms with Crippen molar-refractivity contribution < 1.29 is 27.2 Å². The van der Waals surface area contributed by atoms with Gasteiger partial charge in [-0.2, -0.15) is 0 Å². The van der Waals surface area contributed by atoms with Gasteiger partial charge in [-0.05, 0) is 26.7 Å². The second-order valence-corrected chi connectivity index (χ2v) is 8.79. The first-order valence-electron chi connectivity index (χ1n) is 8.78. The maximum atomic E-state index is 6.17. The first-order chi connectivity index (χ1) is 11.1. The van der Waals surface area contributed by atoms with Crippen molar-refractivity contribution in [3.63, 3.8) is 0 Å². The molecule has 0 radical (unpaired) electrons. The van der Waals surface area contributed by atoms with Crippen molar-refractivity contribution in [1.82, 2.24) is 0 Å². The van der Waals surface area contributed by atoms with E-state index in [-0.39, 0.29) is 10.8 Å². The van der Waals surface area contributed by atoms with Crippen LogP contribution in [0.5, 0.6) is 0 Å². The summed E-state index contributed by atoms with van der Waals surface area (Å²) in [5, 5.41) is 0. The molecule has 136 valence electrons. The SMILES string of the molecule is CCO[Si](OCC)(OCC1(CC)COC1)OCC1(CC)COC1. The predicted octanol–water partition coefficient (Wildman–Crippen LogP) is 2.38. The van der Waals surface area contributed by atoms with Crippen molar-refractivity contribution in [1.29, 1.82) is 0 Å². The second kappa shape index (κ2) is 8.38. The van der Waals surface area contributed by atoms with Gasteiger partial charge in [0.25, 0.3) is 0 Å². The molecule has 0 aromatic heterocycles. The minimum atomic E-state index is -3.12. The highest BCUT2D eigenvalue weighted by molar-refractivity contribution is 6.53. The molecule has 2 rings (SSSR count). The Morgan fingerprint density at radius 1 is 0.696 bits per heavy atom. The third-order valence-corrected chi connectivity index (χ3v) is 7.17. The van der Waals surface area contributed by atoms with Crippen molar-refractivity contribution in [3.05, 3.63) is 0 Å². The molecule has 0 amide bonds. The summed E-state index contributed by atoms with van der Waals surface area (Å²) >= 11 is 0. The summed E-state index contributed by atoms with van der Waals surface area (Å²) in [6, 6.07) is 0. The highest BCUT2D eigenvalue weighted by atomic mass is 28.4. The van der Waals surface area contributed by atoms with Crippen LogP contribution in [0.15, 0.2) is 0 Å². The molecule has 0 unspecified atom stereocenters. The lowest BCUT2D eigenvalue weighted by Crippen LogP contribution is -2.57. The van der Waals surface area contributed by atoms with Crippen LogP contribution >= 0.6 is 0 Å². The van der Waals surface area contributed by atoms with Gasteiger partial charge in [-0.3, -0.25) is 0 Å². The molecule has 7 heteroatoms. The lowest BCUT2D eigenvalue weighted by Gasteiger charge is -2.44. The molecule has 0 saturated carbocycles. The molecule has 0 atom stereocenters. The van der Waals surface area contributed by atoms with Gasteiger partial charge in [0.05, 0.1) is 39.6 Å². The van der Waals surface area contributed by atoms with Crippen molar-refractivity contribution in [2.45, 2.75) is 40.5 Å². The Morgan fingerprint density at radius 2 is 1.09 bits per heavy atom. The molecule has 2 aliphatic rings. The van der Waals surface area contributed by atoms with Crippen LogP contribution in [0.25, 0.3) is 0 Å². The molecule has 0 spiro atoms. The van der Waals surface area contributed by atoms with E-state index in [2.05, 4.69) is 13.8 Å². The van der Waals surface area contributed by atoms with Crippen molar-refractivity contribution in [3.8, 4) is 0 Å². The maximum Gasteiger partial charge on any atom is 0.679 e. The molecule has 0 aliphatic carbocycles. The van der Waals surface area contributed by atoms with Crippen LogP contribution in [-0.2, 0) is 27.2 Å². The summed E-state index contributed by atoms with van der Waals surface area (Å²) in [5.74, 6) is 0. The Bertz CT molecular complexity index is 311. The fourth-order valence-corrected chi connectivity index (χ4v) is 4.82. The van der Waals surface area contributed by atoms with Gasteiger partial charge in [-0.15, -0.1) is 0 Å². The average Bonchev–Trinajstić information content (AvgIpc) is 2.46. The summed E-state index contributed by atoms with van der Waals surface area (Å²) in [4.78, 5) is 0. The van der Waals surface area contributed by atoms with E-state index in [0.717, 1.165) is 39.3 Å². The molecule has 0 aromatic carbocycles. The van der Waals surface area contributed by atoms with Gasteiger partial charge >= 0.3 is 9.05 Å². The Balaban J connectivity index is 1.98. The molecule has 6 nitrogen and oxygen atoms in total. The molecule has 2 fully saturated rings. The first kappa shape index (κ1) is 19.3. The fourth-order valence-electron chi connectivity index (χ4n) is 2.65. The van der Waals surface area contributed by atoms with Gasteiger partial charge in [-0.25, -0.2) is 0 Å². The van der Waals surface area contributed by atoms with Crippen molar-refractivity contribution in [2.75, 3.05) is 52.9 Å². The van der Waals surface area contributed by atoms with Gasteiger partial charge in [0, 0.05) is 24.0 Å². The van der Waals surface area contributed by atoms with Crippen LogP contribution in [0.1, 0.15) is 40.5 Å². The monoisotopic (exact) mass is 348 g/mol. The zero-order valence-corrected chi connectivity index (χ0v) is 16.0. The summed E-state index contributed by atoms with van der Waals surface area (Å²) in [7, 11) is -3.12. The molecular formula is C16H32O6Si. The lowest BCUT2D eigenvalue weighted by molar-refractivity contribution is -0.170. The molecular weight excluding hydrogens is 316 g/mol. The van der Waals surface area contributed by atoms with Crippen LogP contribution in [0, 0.1) is 10.8 Å². The molecule has 23 heavy (non-hydrogen) atoms. The van der Waals surface area contributed by atoms with Gasteiger partial charge in [-0.1, -0.05) is 13.8 Å². The number of hydrogen-bond donors (Lipinski definition) is 0. The topological polar surface area (TPSA) is 55.4 Å². The molecule has 2 aliphatic heterocycles. The highest BCUT2D eigenvalue weighted by Gasteiger charge is 2.51. The van der Waals surface area contributed by atoms with Gasteiger partial charge in [0.1, 0.15) is 0 Å². The molecule has 2 heterocycles. The van der Waals surface area contributed by atoms with Crippen LogP contribution < -0.4 is 0 Å². The van der Waals surface area contributed by atoms with Gasteiger partial charge in [0.2, 0.25) is 0 Å². The van der Waals surface area contributed by atoms with E-state index in [1.54, 1.807) is 0 Å². The third kappa shape index (κ3) is 4.53. The van der Waals surface area contributed by atoms with E-state index >= 15 is 0 Å². The number of rotatable bonds is 12. The number of hydrogen-bond acceptors (Lipinski definition) is 6. The summed E-state index contributed by atoms with van der Waals surface area (Å²) in [5.41, 5.74) is 0.162. The Hall–Kier alpha value is -0.0231. The quantitative estimate of drug-likeness (QED) is 0.505. The molecule has 0 bridgehead atoms. The van der Waals surface area contributed by atoms with Crippen LogP contribution in [-0.4, -0.2) is 61.9 Å². The molecule has 0 aromatic rings. The summed E-state index contributed by atoms with van der Waals surface area (Å²) in [6.07, 6.45) is 2.03. The second-order valence-electron chi connectivity index (χ2n) is 6.64. The third-order valence-electron chi connectivity index (χ3n) is 4.89. The maximum absolute atomic E-state index is 6.17. The zero-order valence-electron chi connectivity index (χ0n) is 15.0. The zero-order chi connectivity index (χ0) is 16.8. The lowest BCUT2D eigenvalue weighted by atomic mass is 9.84. The highest BCUT2D eigenvalue weighted by Crippen LogP contribution is 2.35. The van der Waals surface area contributed by atoms with E-state index in [1.165, 1.54) is 0 Å². The van der Waals surface area contributed by atoms with E-state index in [9.17, 15) is 0 Å². The van der Waals surface area contributed by atoms with E-state index in [1.807, 2.05) is 13.8 Å². The van der Waals surface area contributed by atoms with Crippen LogP contribution in [0.4, 0.5) is 0 Å². The molecule has 2 saturated heterocycles. The summed E-state index contributed by atoms with van der Waals surface area (Å²) < 4.78 is 34.8. The minimum Gasteiger partial charge on any atom is -0.380 e. The number of ether oxygens (including phenoxy) is 2. The molecule has 0 N–H and O–H groups in total. The van der Waals surface area contributed by atoms with Crippen LogP contribution in [0.3, 0.4) is 0 Å². The van der Waals surface area contributed by atoms with Crippen molar-refractivity contribution >= 4 is 9.05 Å². The standard InChI is InChI=1S/C16H32O6Si/c1-5-15(9-17-10-15)13-21-23(19-7-3,20-8-4)22-14-16(6-2)11-18-12-16/h5-14H2,1-4H3. The summed E-state index contributed by atoms with van der Waals surface area (Å²) in [6.45, 7) is 13.3. The first-order valence-corrected chi connectivity index (χ1v) is 10.4. The predicted molar refractivity (Wildman–Crippen MR) is 88.0 cm³/mol. The largest absolute Gasteiger partial charge is 0.679 e. The van der Waals surface area contributed by atoms with Crippen LogP contribution in [0.2, 0.25) is 0 Å². The Kier molecular flexibility index (Phi) is 7.03. The Labute approximate surface area is 141 Å². The van der Waals surface area contributed by atoms with E-state index < -0.39 is 9.05 Å². The van der Waals surface area contributed by atoms with E-state index in [0.29, 0.717) is 26.4 Å². The average molecular weight is 349 g/mol. The fraction of sp³-hybridized carbons (Fsp3) is 1.00. The minimum absolute atomic E-state index is 0.0812. The smallest absolute Gasteiger partial charge is 0.380 e. The van der Waals surface area contributed by atoms with E-state index in [4.69, 9.17) is 27.2 Å². The van der Waals surface area contributed by atoms with Gasteiger partial charge < -0.3 is 27.2 Å². The Morgan fingerprint density at radius 3 is 1.30 bits per heavy atom. The van der Waals surface area contributed by atoms with Crippen molar-refractivity contribution in [2.24, 2.45) is 10.8 Å².